The maximum atomic E-state index is 12.3. The van der Waals surface area contributed by atoms with Crippen molar-refractivity contribution in [1.82, 2.24) is 0 Å². The number of piperidine rings is 1. The average Bonchev–Trinajstić information content (AvgIpc) is 2.32. The number of rotatable bonds is 1. The molecule has 1 amide bonds. The summed E-state index contributed by atoms with van der Waals surface area (Å²) in [6.45, 7) is 0. The number of carbonyl (C=O) groups is 1. The van der Waals surface area contributed by atoms with Crippen molar-refractivity contribution in [2.45, 2.75) is 23.9 Å². The fourth-order valence-corrected chi connectivity index (χ4v) is 3.03. The van der Waals surface area contributed by atoms with Gasteiger partial charge in [-0.1, -0.05) is 41.4 Å². The van der Waals surface area contributed by atoms with Crippen LogP contribution in [0.4, 0.5) is 5.69 Å². The van der Waals surface area contributed by atoms with Crippen LogP contribution in [0.15, 0.2) is 35.3 Å². The predicted octanol–water partition coefficient (Wildman–Crippen LogP) is 2.77. The Hall–Kier alpha value is -1.06. The van der Waals surface area contributed by atoms with Crippen molar-refractivity contribution in [2.75, 3.05) is 4.90 Å². The second-order valence-electron chi connectivity index (χ2n) is 4.26. The fraction of sp³-hybridized carbons (Fsp3) is 0.333. The molecule has 5 heteroatoms. The Morgan fingerprint density at radius 3 is 2.71 bits per heavy atom. The molecule has 0 unspecified atom stereocenters. The number of benzene rings is 1. The Morgan fingerprint density at radius 1 is 1.35 bits per heavy atom. The Bertz CT molecular complexity index is 502. The van der Waals surface area contributed by atoms with Crippen molar-refractivity contribution in [3.63, 3.8) is 0 Å². The lowest BCUT2D eigenvalue weighted by Crippen LogP contribution is -2.60. The second kappa shape index (κ2) is 3.72. The quantitative estimate of drug-likeness (QED) is 0.570. The first-order valence-electron chi connectivity index (χ1n) is 5.45. The van der Waals surface area contributed by atoms with Crippen molar-refractivity contribution < 1.29 is 4.79 Å². The van der Waals surface area contributed by atoms with E-state index in [1.54, 1.807) is 4.90 Å². The fourth-order valence-electron chi connectivity index (χ4n) is 2.35. The number of alkyl halides is 1. The molecule has 3 nitrogen and oxygen atoms in total. The zero-order chi connectivity index (χ0) is 12.0. The molecule has 0 aromatic heterocycles. The number of nitrogens with zero attached hydrogens (tertiary/aromatic N) is 2. The first kappa shape index (κ1) is 11.1. The highest BCUT2D eigenvalue weighted by molar-refractivity contribution is 6.68. The molecule has 88 valence electrons. The summed E-state index contributed by atoms with van der Waals surface area (Å²) in [5.74, 6) is -0.175. The van der Waals surface area contributed by atoms with Gasteiger partial charge in [-0.25, -0.2) is 4.99 Å². The standard InChI is InChI=1S/C12H10Cl2N2O/c13-10-9-6-7-12(14,15-10)11(17)16(9)8-4-2-1-3-5-8/h1-5,9H,6-7H2/t9-,12-/m1/s1. The molecule has 17 heavy (non-hydrogen) atoms. The Kier molecular flexibility index (Phi) is 2.42. The number of carbonyl (C=O) groups excluding carboxylic acids is 1. The van der Waals surface area contributed by atoms with Gasteiger partial charge in [0.25, 0.3) is 5.91 Å². The molecule has 4 rings (SSSR count). The summed E-state index contributed by atoms with van der Waals surface area (Å²) in [6, 6.07) is 9.27. The highest BCUT2D eigenvalue weighted by Gasteiger charge is 2.52. The summed E-state index contributed by atoms with van der Waals surface area (Å²) >= 11 is 12.3. The van der Waals surface area contributed by atoms with Crippen LogP contribution >= 0.6 is 23.2 Å². The number of amides is 1. The first-order valence-corrected chi connectivity index (χ1v) is 6.20. The third kappa shape index (κ3) is 1.57. The van der Waals surface area contributed by atoms with Crippen LogP contribution in [-0.2, 0) is 4.79 Å². The SMILES string of the molecule is O=C1N(c2ccccc2)[C@@H]2CC[C@@]1(Cl)N=C2Cl. The van der Waals surface area contributed by atoms with Gasteiger partial charge in [-0.15, -0.1) is 0 Å². The zero-order valence-electron chi connectivity index (χ0n) is 8.94. The second-order valence-corrected chi connectivity index (χ2v) is 5.27. The van der Waals surface area contributed by atoms with Crippen molar-refractivity contribution in [2.24, 2.45) is 4.99 Å². The molecule has 2 atom stereocenters. The smallest absolute Gasteiger partial charge is 0.270 e. The van der Waals surface area contributed by atoms with Crippen LogP contribution in [0.3, 0.4) is 0 Å². The van der Waals surface area contributed by atoms with Crippen LogP contribution in [0.2, 0.25) is 0 Å². The van der Waals surface area contributed by atoms with E-state index in [1.807, 2.05) is 30.3 Å². The topological polar surface area (TPSA) is 32.7 Å². The number of halogens is 2. The molecule has 3 aliphatic heterocycles. The minimum absolute atomic E-state index is 0.160. The predicted molar refractivity (Wildman–Crippen MR) is 68.8 cm³/mol. The molecule has 1 aromatic carbocycles. The molecule has 1 fully saturated rings. The molecule has 0 spiro atoms. The molecule has 0 radical (unpaired) electrons. The molecule has 1 saturated heterocycles. The third-order valence-electron chi connectivity index (χ3n) is 3.20. The van der Waals surface area contributed by atoms with Gasteiger partial charge in [0.1, 0.15) is 5.17 Å². The summed E-state index contributed by atoms with van der Waals surface area (Å²) in [4.78, 5) is 16.8. The maximum absolute atomic E-state index is 12.3. The lowest BCUT2D eigenvalue weighted by Gasteiger charge is -2.45. The van der Waals surface area contributed by atoms with Crippen LogP contribution < -0.4 is 4.90 Å². The van der Waals surface area contributed by atoms with Crippen molar-refractivity contribution in [3.8, 4) is 0 Å². The Labute approximate surface area is 109 Å². The maximum Gasteiger partial charge on any atom is 0.270 e. The molecule has 3 heterocycles. The van der Waals surface area contributed by atoms with Crippen molar-refractivity contribution >= 4 is 40.0 Å². The number of aliphatic imine (C=N–C) groups is 1. The average molecular weight is 269 g/mol. The van der Waals surface area contributed by atoms with Gasteiger partial charge in [-0.05, 0) is 25.0 Å². The van der Waals surface area contributed by atoms with E-state index < -0.39 is 5.00 Å². The van der Waals surface area contributed by atoms with Gasteiger partial charge in [0.2, 0.25) is 5.00 Å². The number of fused-ring (bicyclic) bond motifs is 2. The summed E-state index contributed by atoms with van der Waals surface area (Å²) in [5.41, 5.74) is 0.820. The van der Waals surface area contributed by atoms with Gasteiger partial charge in [0, 0.05) is 5.69 Å². The number of anilines is 1. The van der Waals surface area contributed by atoms with E-state index in [0.717, 1.165) is 12.1 Å². The molecule has 0 aliphatic carbocycles. The number of hydrogen-bond acceptors (Lipinski definition) is 2. The molecule has 0 N–H and O–H groups in total. The normalized spacial score (nSPS) is 31.6. The summed E-state index contributed by atoms with van der Waals surface area (Å²) < 4.78 is 0. The van der Waals surface area contributed by atoms with E-state index in [9.17, 15) is 4.79 Å². The van der Waals surface area contributed by atoms with Crippen LogP contribution in [-0.4, -0.2) is 22.1 Å². The highest BCUT2D eigenvalue weighted by atomic mass is 35.5. The highest BCUT2D eigenvalue weighted by Crippen LogP contribution is 2.42. The van der Waals surface area contributed by atoms with Crippen LogP contribution in [0.1, 0.15) is 12.8 Å². The van der Waals surface area contributed by atoms with Crippen molar-refractivity contribution in [3.05, 3.63) is 30.3 Å². The number of hydrogen-bond donors (Lipinski definition) is 0. The summed E-state index contributed by atoms with van der Waals surface area (Å²) in [6.07, 6.45) is 1.31. The van der Waals surface area contributed by atoms with E-state index >= 15 is 0 Å². The van der Waals surface area contributed by atoms with Crippen molar-refractivity contribution in [1.29, 1.82) is 0 Å². The molecule has 1 aromatic rings. The molecule has 3 aliphatic rings. The van der Waals surface area contributed by atoms with Gasteiger partial charge in [-0.3, -0.25) is 9.69 Å². The summed E-state index contributed by atoms with van der Waals surface area (Å²) in [5, 5.41) is 0.426. The van der Waals surface area contributed by atoms with Crippen LogP contribution in [0.5, 0.6) is 0 Å². The van der Waals surface area contributed by atoms with Gasteiger partial charge >= 0.3 is 0 Å². The van der Waals surface area contributed by atoms with Gasteiger partial charge in [-0.2, -0.15) is 0 Å². The zero-order valence-corrected chi connectivity index (χ0v) is 10.4. The van der Waals surface area contributed by atoms with E-state index in [2.05, 4.69) is 4.99 Å². The van der Waals surface area contributed by atoms with Gasteiger partial charge < -0.3 is 0 Å². The minimum atomic E-state index is -1.19. The third-order valence-corrected chi connectivity index (χ3v) is 3.97. The van der Waals surface area contributed by atoms with E-state index in [0.29, 0.717) is 11.6 Å². The van der Waals surface area contributed by atoms with E-state index in [1.165, 1.54) is 0 Å². The molecular weight excluding hydrogens is 259 g/mol. The minimum Gasteiger partial charge on any atom is -0.299 e. The lowest BCUT2D eigenvalue weighted by atomic mass is 9.93. The van der Waals surface area contributed by atoms with E-state index in [-0.39, 0.29) is 11.9 Å². The largest absolute Gasteiger partial charge is 0.299 e. The molecular formula is C12H10Cl2N2O. The van der Waals surface area contributed by atoms with Crippen LogP contribution in [0.25, 0.3) is 0 Å². The number of para-hydroxylation sites is 1. The first-order chi connectivity index (χ1) is 8.12. The van der Waals surface area contributed by atoms with Gasteiger partial charge in [0.05, 0.1) is 6.04 Å². The monoisotopic (exact) mass is 268 g/mol. The Morgan fingerprint density at radius 2 is 2.06 bits per heavy atom. The molecule has 2 bridgehead atoms. The Balaban J connectivity index is 2.09. The molecule has 0 saturated carbocycles. The van der Waals surface area contributed by atoms with E-state index in [4.69, 9.17) is 23.2 Å². The van der Waals surface area contributed by atoms with Crippen LogP contribution in [0, 0.1) is 0 Å². The lowest BCUT2D eigenvalue weighted by molar-refractivity contribution is -0.123. The summed E-state index contributed by atoms with van der Waals surface area (Å²) in [7, 11) is 0. The van der Waals surface area contributed by atoms with Gasteiger partial charge in [0.15, 0.2) is 0 Å².